The first kappa shape index (κ1) is 22.4. The number of alkyl halides is 2. The summed E-state index contributed by atoms with van der Waals surface area (Å²) in [6.45, 7) is -1.10. The van der Waals surface area contributed by atoms with Crippen molar-refractivity contribution in [3.8, 4) is 22.3 Å². The fourth-order valence-corrected chi connectivity index (χ4v) is 5.06. The van der Waals surface area contributed by atoms with Crippen LogP contribution in [0.25, 0.3) is 10.4 Å². The third kappa shape index (κ3) is 4.17. The van der Waals surface area contributed by atoms with Crippen molar-refractivity contribution < 1.29 is 18.3 Å². The van der Waals surface area contributed by atoms with E-state index in [0.717, 1.165) is 15.3 Å². The predicted molar refractivity (Wildman–Crippen MR) is 122 cm³/mol. The van der Waals surface area contributed by atoms with Gasteiger partial charge in [-0.2, -0.15) is 14.0 Å². The highest BCUT2D eigenvalue weighted by molar-refractivity contribution is 7.15. The Balaban J connectivity index is 1.78. The molecule has 2 N–H and O–H groups in total. The molecule has 1 aromatic heterocycles. The van der Waals surface area contributed by atoms with E-state index in [1.54, 1.807) is 31.3 Å². The molecule has 168 valence electrons. The van der Waals surface area contributed by atoms with E-state index in [-0.39, 0.29) is 17.6 Å². The van der Waals surface area contributed by atoms with Gasteiger partial charge in [-0.3, -0.25) is 9.69 Å². The molecule has 1 amide bonds. The zero-order valence-electron chi connectivity index (χ0n) is 17.8. The van der Waals surface area contributed by atoms with Crippen LogP contribution in [0.2, 0.25) is 0 Å². The average Bonchev–Trinajstić information content (AvgIpc) is 3.30. The third-order valence-corrected chi connectivity index (χ3v) is 7.01. The number of hydrogen-bond acceptors (Lipinski definition) is 6. The van der Waals surface area contributed by atoms with Gasteiger partial charge in [-0.05, 0) is 54.4 Å². The smallest absolute Gasteiger partial charge is 0.387 e. The number of amides is 1. The summed E-state index contributed by atoms with van der Waals surface area (Å²) in [5.41, 5.74) is 7.10. The Bertz CT molecular complexity index is 1270. The van der Waals surface area contributed by atoms with Gasteiger partial charge in [0.05, 0.1) is 17.6 Å². The van der Waals surface area contributed by atoms with Crippen LogP contribution in [0.5, 0.6) is 5.75 Å². The van der Waals surface area contributed by atoms with Crippen molar-refractivity contribution in [3.63, 3.8) is 0 Å². The fraction of sp³-hybridized carbons (Fsp3) is 0.208. The second-order valence-corrected chi connectivity index (χ2v) is 8.84. The number of carbonyl (C=O) groups excluding carboxylic acids is 1. The highest BCUT2D eigenvalue weighted by Crippen LogP contribution is 2.47. The van der Waals surface area contributed by atoms with Gasteiger partial charge >= 0.3 is 6.61 Å². The van der Waals surface area contributed by atoms with Gasteiger partial charge in [0.25, 0.3) is 0 Å². The molecule has 2 atom stereocenters. The zero-order valence-corrected chi connectivity index (χ0v) is 18.6. The Kier molecular flexibility index (Phi) is 5.87. The second kappa shape index (κ2) is 8.64. The quantitative estimate of drug-likeness (QED) is 0.591. The highest BCUT2D eigenvalue weighted by Gasteiger charge is 2.48. The molecule has 2 heterocycles. The molecule has 4 rings (SSSR count). The number of rotatable bonds is 5. The van der Waals surface area contributed by atoms with E-state index in [2.05, 4.69) is 10.8 Å². The van der Waals surface area contributed by atoms with E-state index in [4.69, 9.17) is 10.7 Å². The maximum absolute atomic E-state index is 13.3. The van der Waals surface area contributed by atoms with Gasteiger partial charge in [-0.25, -0.2) is 4.99 Å². The number of likely N-dealkylation sites (N-methyl/N-ethyl adjacent to an activating group) is 1. The molecule has 0 radical (unpaired) electrons. The molecule has 0 saturated carbocycles. The van der Waals surface area contributed by atoms with E-state index in [9.17, 15) is 18.8 Å². The standard InChI is InChI=1S/C24H20F2N4O2S/c1-24(19-11-10-18(33-19)16-5-3-4-14(12-16)13-27)20(21(31)30(2)23(28)29-24)15-6-8-17(9-7-15)32-22(25)26/h3-12,20,22H,1-2H3,(H2,28,29)/t20?,24-/m1/s1. The molecule has 1 aliphatic heterocycles. The highest BCUT2D eigenvalue weighted by atomic mass is 32.1. The monoisotopic (exact) mass is 466 g/mol. The van der Waals surface area contributed by atoms with Gasteiger partial charge in [0.1, 0.15) is 11.3 Å². The van der Waals surface area contributed by atoms with Gasteiger partial charge in [0.15, 0.2) is 5.96 Å². The molecule has 3 aromatic rings. The lowest BCUT2D eigenvalue weighted by atomic mass is 9.78. The fourth-order valence-electron chi connectivity index (χ4n) is 3.94. The molecule has 1 aliphatic rings. The minimum absolute atomic E-state index is 0.00543. The lowest BCUT2D eigenvalue weighted by Crippen LogP contribution is -2.52. The number of guanidine groups is 1. The SMILES string of the molecule is CN1C(=O)C(c2ccc(OC(F)F)cc2)[C@@](C)(c2ccc(-c3cccc(C#N)c3)s2)N=C1N. The largest absolute Gasteiger partial charge is 0.435 e. The van der Waals surface area contributed by atoms with Crippen LogP contribution in [0.1, 0.15) is 28.8 Å². The Morgan fingerprint density at radius 3 is 2.61 bits per heavy atom. The van der Waals surface area contributed by atoms with E-state index < -0.39 is 18.1 Å². The number of nitrogens with two attached hydrogens (primary N) is 1. The molecule has 6 nitrogen and oxygen atoms in total. The minimum atomic E-state index is -2.93. The van der Waals surface area contributed by atoms with Crippen molar-refractivity contribution >= 4 is 23.2 Å². The summed E-state index contributed by atoms with van der Waals surface area (Å²) < 4.78 is 29.5. The first-order chi connectivity index (χ1) is 15.7. The summed E-state index contributed by atoms with van der Waals surface area (Å²) in [7, 11) is 1.55. The molecule has 2 aromatic carbocycles. The van der Waals surface area contributed by atoms with Crippen molar-refractivity contribution in [2.75, 3.05) is 7.05 Å². The lowest BCUT2D eigenvalue weighted by Gasteiger charge is -2.40. The van der Waals surface area contributed by atoms with Crippen LogP contribution in [0.15, 0.2) is 65.7 Å². The van der Waals surface area contributed by atoms with Gasteiger partial charge in [-0.1, -0.05) is 24.3 Å². The molecule has 0 bridgehead atoms. The van der Waals surface area contributed by atoms with Gasteiger partial charge in [0, 0.05) is 16.8 Å². The van der Waals surface area contributed by atoms with Crippen molar-refractivity contribution in [1.82, 2.24) is 4.90 Å². The molecule has 0 fully saturated rings. The number of aliphatic imine (C=N–C) groups is 1. The Morgan fingerprint density at radius 1 is 1.21 bits per heavy atom. The van der Waals surface area contributed by atoms with Crippen LogP contribution in [0.4, 0.5) is 8.78 Å². The maximum Gasteiger partial charge on any atom is 0.387 e. The van der Waals surface area contributed by atoms with Gasteiger partial charge < -0.3 is 10.5 Å². The number of benzene rings is 2. The molecule has 0 spiro atoms. The summed E-state index contributed by atoms with van der Waals surface area (Å²) in [4.78, 5) is 21.0. The predicted octanol–water partition coefficient (Wildman–Crippen LogP) is 4.67. The van der Waals surface area contributed by atoms with Crippen molar-refractivity contribution in [1.29, 1.82) is 5.26 Å². The van der Waals surface area contributed by atoms with Crippen LogP contribution in [0, 0.1) is 11.3 Å². The Labute approximate surface area is 193 Å². The lowest BCUT2D eigenvalue weighted by molar-refractivity contribution is -0.130. The number of nitriles is 1. The van der Waals surface area contributed by atoms with E-state index in [1.165, 1.54) is 28.4 Å². The topological polar surface area (TPSA) is 91.7 Å². The number of carbonyl (C=O) groups is 1. The molecule has 9 heteroatoms. The first-order valence-corrected chi connectivity index (χ1v) is 10.8. The van der Waals surface area contributed by atoms with Crippen molar-refractivity contribution in [2.45, 2.75) is 25.0 Å². The third-order valence-electron chi connectivity index (χ3n) is 5.65. The Hall–Kier alpha value is -3.77. The minimum Gasteiger partial charge on any atom is -0.435 e. The Morgan fingerprint density at radius 2 is 1.94 bits per heavy atom. The van der Waals surface area contributed by atoms with Gasteiger partial charge in [-0.15, -0.1) is 11.3 Å². The molecule has 0 saturated heterocycles. The molecular weight excluding hydrogens is 446 g/mol. The van der Waals surface area contributed by atoms with Crippen LogP contribution in [0.3, 0.4) is 0 Å². The van der Waals surface area contributed by atoms with Crippen LogP contribution >= 0.6 is 11.3 Å². The molecule has 1 unspecified atom stereocenters. The number of hydrogen-bond donors (Lipinski definition) is 1. The summed E-state index contributed by atoms with van der Waals surface area (Å²) in [5, 5.41) is 9.20. The number of halogens is 2. The van der Waals surface area contributed by atoms with Gasteiger partial charge in [0.2, 0.25) is 5.91 Å². The summed E-state index contributed by atoms with van der Waals surface area (Å²) in [6.07, 6.45) is 0. The van der Waals surface area contributed by atoms with E-state index in [0.29, 0.717) is 11.1 Å². The van der Waals surface area contributed by atoms with Crippen molar-refractivity contribution in [3.05, 3.63) is 76.7 Å². The zero-order chi connectivity index (χ0) is 23.8. The second-order valence-electron chi connectivity index (χ2n) is 7.75. The number of ether oxygens (including phenoxy) is 1. The summed E-state index contributed by atoms with van der Waals surface area (Å²) in [6, 6.07) is 19.2. The average molecular weight is 467 g/mol. The molecule has 33 heavy (non-hydrogen) atoms. The van der Waals surface area contributed by atoms with E-state index in [1.807, 2.05) is 31.2 Å². The summed E-state index contributed by atoms with van der Waals surface area (Å²) in [5.74, 6) is -0.884. The number of nitrogens with zero attached hydrogens (tertiary/aromatic N) is 3. The number of thiophene rings is 1. The van der Waals surface area contributed by atoms with E-state index >= 15 is 0 Å². The first-order valence-electron chi connectivity index (χ1n) is 10.0. The molecule has 0 aliphatic carbocycles. The van der Waals surface area contributed by atoms with Crippen LogP contribution < -0.4 is 10.5 Å². The maximum atomic E-state index is 13.3. The summed E-state index contributed by atoms with van der Waals surface area (Å²) >= 11 is 1.46. The molecular formula is C24H20F2N4O2S. The van der Waals surface area contributed by atoms with Crippen LogP contribution in [-0.2, 0) is 10.3 Å². The normalized spacial score (nSPS) is 20.5. The van der Waals surface area contributed by atoms with Crippen molar-refractivity contribution in [2.24, 2.45) is 10.7 Å². The van der Waals surface area contributed by atoms with Crippen LogP contribution in [-0.4, -0.2) is 30.4 Å².